The van der Waals surface area contributed by atoms with E-state index in [0.717, 1.165) is 0 Å². The Labute approximate surface area is 95.3 Å². The van der Waals surface area contributed by atoms with Crippen molar-refractivity contribution in [3.05, 3.63) is 42.3 Å². The zero-order valence-electron chi connectivity index (χ0n) is 7.73. The summed E-state index contributed by atoms with van der Waals surface area (Å²) in [6.45, 7) is 6.36. The molecule has 0 saturated carbocycles. The molecule has 1 heteroatoms. The van der Waals surface area contributed by atoms with Crippen LogP contribution in [0.5, 0.6) is 0 Å². The van der Waals surface area contributed by atoms with E-state index in [-0.39, 0.29) is 40.1 Å². The first-order chi connectivity index (χ1) is 4.22. The standard InChI is InChI=1S/C9H11.CH3.Y/c1-7-5-4-6-8(2)9(7)3;;/h5-6H,1-3H3;1H3;/q2*-1;+3. The second-order valence-corrected chi connectivity index (χ2v) is 2.45. The fourth-order valence-corrected chi connectivity index (χ4v) is 0.819. The Morgan fingerprint density at radius 3 is 1.64 bits per heavy atom. The van der Waals surface area contributed by atoms with Gasteiger partial charge in [0.2, 0.25) is 0 Å². The van der Waals surface area contributed by atoms with Crippen LogP contribution in [0, 0.1) is 34.3 Å². The normalized spacial score (nSPS) is 7.91. The summed E-state index contributed by atoms with van der Waals surface area (Å²) in [5.74, 6) is 0. The molecule has 0 fully saturated rings. The Morgan fingerprint density at radius 1 is 1.00 bits per heavy atom. The Kier molecular flexibility index (Phi) is 7.46. The molecule has 0 N–H and O–H groups in total. The number of aryl methyl sites for hydroxylation is 2. The van der Waals surface area contributed by atoms with Crippen LogP contribution >= 0.6 is 0 Å². The van der Waals surface area contributed by atoms with Gasteiger partial charge in [0.05, 0.1) is 0 Å². The van der Waals surface area contributed by atoms with Crippen LogP contribution in [-0.2, 0) is 32.7 Å². The smallest absolute Gasteiger partial charge is 0.358 e. The van der Waals surface area contributed by atoms with Gasteiger partial charge >= 0.3 is 32.7 Å². The van der Waals surface area contributed by atoms with E-state index in [1.807, 2.05) is 12.1 Å². The van der Waals surface area contributed by atoms with Crippen molar-refractivity contribution in [3.63, 3.8) is 0 Å². The molecular weight excluding hydrogens is 209 g/mol. The molecular formula is C10H14Y+. The van der Waals surface area contributed by atoms with Crippen molar-refractivity contribution < 1.29 is 32.7 Å². The minimum absolute atomic E-state index is 0. The van der Waals surface area contributed by atoms with Gasteiger partial charge in [-0.2, -0.15) is 34.9 Å². The van der Waals surface area contributed by atoms with Gasteiger partial charge in [-0.05, 0) is 0 Å². The first-order valence-electron chi connectivity index (χ1n) is 3.15. The summed E-state index contributed by atoms with van der Waals surface area (Å²) in [5.41, 5.74) is 4.04. The largest absolute Gasteiger partial charge is 3.00 e. The molecule has 0 spiro atoms. The molecule has 56 valence electrons. The number of hydrogen-bond acceptors (Lipinski definition) is 0. The van der Waals surface area contributed by atoms with E-state index in [1.165, 1.54) is 16.7 Å². The average Bonchev–Trinajstić information content (AvgIpc) is 1.83. The first kappa shape index (κ1) is 13.9. The van der Waals surface area contributed by atoms with Crippen molar-refractivity contribution in [2.45, 2.75) is 20.8 Å². The topological polar surface area (TPSA) is 0 Å². The molecule has 0 amide bonds. The fraction of sp³-hybridized carbons (Fsp3) is 0.300. The van der Waals surface area contributed by atoms with E-state index in [0.29, 0.717) is 0 Å². The van der Waals surface area contributed by atoms with Crippen LogP contribution in [0.1, 0.15) is 16.7 Å². The van der Waals surface area contributed by atoms with Gasteiger partial charge in [-0.3, -0.25) is 0 Å². The molecule has 0 saturated heterocycles. The van der Waals surface area contributed by atoms with Gasteiger partial charge in [0.1, 0.15) is 0 Å². The summed E-state index contributed by atoms with van der Waals surface area (Å²) in [6.07, 6.45) is 0. The predicted octanol–water partition coefficient (Wildman–Crippen LogP) is 2.86. The van der Waals surface area contributed by atoms with Crippen LogP contribution in [0.3, 0.4) is 0 Å². The Hall–Kier alpha value is 0.324. The van der Waals surface area contributed by atoms with Gasteiger partial charge in [-0.1, -0.05) is 20.8 Å². The van der Waals surface area contributed by atoms with E-state index >= 15 is 0 Å². The minimum Gasteiger partial charge on any atom is -0.358 e. The van der Waals surface area contributed by atoms with Gasteiger partial charge in [0, 0.05) is 0 Å². The third-order valence-electron chi connectivity index (χ3n) is 1.78. The molecule has 0 nitrogen and oxygen atoms in total. The van der Waals surface area contributed by atoms with E-state index in [4.69, 9.17) is 0 Å². The van der Waals surface area contributed by atoms with E-state index in [1.54, 1.807) is 0 Å². The Morgan fingerprint density at radius 2 is 1.36 bits per heavy atom. The predicted molar refractivity (Wildman–Crippen MR) is 45.9 cm³/mol. The summed E-state index contributed by atoms with van der Waals surface area (Å²) < 4.78 is 0. The van der Waals surface area contributed by atoms with E-state index in [2.05, 4.69) is 26.8 Å². The Bertz CT molecular complexity index is 196. The monoisotopic (exact) mass is 223 g/mol. The van der Waals surface area contributed by atoms with Crippen molar-refractivity contribution in [1.82, 2.24) is 0 Å². The molecule has 0 aromatic heterocycles. The van der Waals surface area contributed by atoms with Crippen LogP contribution in [0.15, 0.2) is 12.1 Å². The molecule has 0 atom stereocenters. The van der Waals surface area contributed by atoms with Crippen molar-refractivity contribution in [1.29, 1.82) is 0 Å². The minimum atomic E-state index is 0. The van der Waals surface area contributed by atoms with Crippen LogP contribution in [-0.4, -0.2) is 0 Å². The fourth-order valence-electron chi connectivity index (χ4n) is 0.819. The van der Waals surface area contributed by atoms with Crippen LogP contribution < -0.4 is 0 Å². The van der Waals surface area contributed by atoms with Gasteiger partial charge in [0.25, 0.3) is 0 Å². The molecule has 11 heavy (non-hydrogen) atoms. The molecule has 1 aromatic rings. The van der Waals surface area contributed by atoms with Gasteiger partial charge in [0.15, 0.2) is 0 Å². The zero-order chi connectivity index (χ0) is 6.85. The van der Waals surface area contributed by atoms with Crippen molar-refractivity contribution in [2.24, 2.45) is 0 Å². The van der Waals surface area contributed by atoms with Crippen molar-refractivity contribution in [2.75, 3.05) is 0 Å². The summed E-state index contributed by atoms with van der Waals surface area (Å²) in [6, 6.07) is 7.10. The van der Waals surface area contributed by atoms with Gasteiger partial charge in [-0.25, -0.2) is 0 Å². The number of benzene rings is 1. The second kappa shape index (κ2) is 5.91. The summed E-state index contributed by atoms with van der Waals surface area (Å²) in [4.78, 5) is 0. The second-order valence-electron chi connectivity index (χ2n) is 2.45. The Balaban J connectivity index is 0. The zero-order valence-corrected chi connectivity index (χ0v) is 10.6. The van der Waals surface area contributed by atoms with Crippen molar-refractivity contribution in [3.8, 4) is 0 Å². The number of hydrogen-bond donors (Lipinski definition) is 0. The molecule has 0 bridgehead atoms. The van der Waals surface area contributed by atoms with Gasteiger partial charge < -0.3 is 7.43 Å². The summed E-state index contributed by atoms with van der Waals surface area (Å²) in [5, 5.41) is 0. The summed E-state index contributed by atoms with van der Waals surface area (Å²) >= 11 is 0. The molecule has 0 aliphatic heterocycles. The molecule has 1 aromatic carbocycles. The van der Waals surface area contributed by atoms with Crippen molar-refractivity contribution >= 4 is 0 Å². The molecule has 0 unspecified atom stereocenters. The summed E-state index contributed by atoms with van der Waals surface area (Å²) in [7, 11) is 0. The maximum absolute atomic E-state index is 3.07. The maximum atomic E-state index is 3.07. The average molecular weight is 223 g/mol. The SMILES string of the molecule is Cc1c[c-]cc(C)c1C.[CH3-].[Y+3]. The maximum Gasteiger partial charge on any atom is 3.00 e. The van der Waals surface area contributed by atoms with Crippen LogP contribution in [0.25, 0.3) is 0 Å². The molecule has 0 aliphatic carbocycles. The quantitative estimate of drug-likeness (QED) is 0.593. The molecule has 0 heterocycles. The van der Waals surface area contributed by atoms with E-state index < -0.39 is 0 Å². The molecule has 0 aliphatic rings. The van der Waals surface area contributed by atoms with Gasteiger partial charge in [-0.15, -0.1) is 0 Å². The molecule has 1 rings (SSSR count). The van der Waals surface area contributed by atoms with Crippen LogP contribution in [0.2, 0.25) is 0 Å². The first-order valence-corrected chi connectivity index (χ1v) is 3.15. The third kappa shape index (κ3) is 3.49. The van der Waals surface area contributed by atoms with E-state index in [9.17, 15) is 0 Å². The van der Waals surface area contributed by atoms with Crippen LogP contribution in [0.4, 0.5) is 0 Å². The third-order valence-corrected chi connectivity index (χ3v) is 1.78. The molecule has 0 radical (unpaired) electrons. The number of rotatable bonds is 0.